The lowest BCUT2D eigenvalue weighted by Gasteiger charge is -2.32. The Balaban J connectivity index is 2.16. The number of piperazine rings is 1. The van der Waals surface area contributed by atoms with E-state index in [0.29, 0.717) is 6.04 Å². The fraction of sp³-hybridized carbons (Fsp3) is 0.636. The molecule has 1 aromatic heterocycles. The van der Waals surface area contributed by atoms with Crippen molar-refractivity contribution in [2.45, 2.75) is 13.0 Å². The van der Waals surface area contributed by atoms with Crippen LogP contribution in [0.15, 0.2) is 12.4 Å². The van der Waals surface area contributed by atoms with Crippen LogP contribution in [-0.4, -0.2) is 49.7 Å². The molecule has 0 bridgehead atoms. The van der Waals surface area contributed by atoms with E-state index >= 15 is 0 Å². The second kappa shape index (κ2) is 4.65. The molecule has 5 heteroatoms. The lowest BCUT2D eigenvalue weighted by Crippen LogP contribution is -2.49. The maximum Gasteiger partial charge on any atom is 0.134 e. The lowest BCUT2D eigenvalue weighted by atomic mass is 10.2. The van der Waals surface area contributed by atoms with Crippen LogP contribution in [0.2, 0.25) is 0 Å². The van der Waals surface area contributed by atoms with Crippen LogP contribution in [0.4, 0.5) is 11.6 Å². The van der Waals surface area contributed by atoms with Gasteiger partial charge in [0.25, 0.3) is 0 Å². The molecule has 16 heavy (non-hydrogen) atoms. The molecule has 0 spiro atoms. The summed E-state index contributed by atoms with van der Waals surface area (Å²) in [6.45, 7) is 5.22. The van der Waals surface area contributed by atoms with E-state index < -0.39 is 0 Å². The predicted octanol–water partition coefficient (Wildman–Crippen LogP) is 0.341. The van der Waals surface area contributed by atoms with Gasteiger partial charge in [0, 0.05) is 45.8 Å². The summed E-state index contributed by atoms with van der Waals surface area (Å²) < 4.78 is 0. The van der Waals surface area contributed by atoms with E-state index in [4.69, 9.17) is 0 Å². The highest BCUT2D eigenvalue weighted by Gasteiger charge is 2.17. The van der Waals surface area contributed by atoms with Gasteiger partial charge in [-0.3, -0.25) is 0 Å². The van der Waals surface area contributed by atoms with E-state index in [0.717, 1.165) is 31.3 Å². The molecule has 0 unspecified atom stereocenters. The van der Waals surface area contributed by atoms with Gasteiger partial charge in [0.05, 0.1) is 0 Å². The Morgan fingerprint density at radius 1 is 1.44 bits per heavy atom. The van der Waals surface area contributed by atoms with Crippen molar-refractivity contribution in [1.29, 1.82) is 0 Å². The van der Waals surface area contributed by atoms with Crippen LogP contribution in [0.1, 0.15) is 6.92 Å². The molecule has 1 N–H and O–H groups in total. The van der Waals surface area contributed by atoms with Gasteiger partial charge in [-0.1, -0.05) is 0 Å². The first-order chi connectivity index (χ1) is 7.66. The van der Waals surface area contributed by atoms with Crippen molar-refractivity contribution in [3.05, 3.63) is 12.4 Å². The quantitative estimate of drug-likeness (QED) is 0.780. The first-order valence-electron chi connectivity index (χ1n) is 5.64. The molecule has 1 aliphatic heterocycles. The van der Waals surface area contributed by atoms with Gasteiger partial charge in [-0.2, -0.15) is 0 Å². The van der Waals surface area contributed by atoms with Crippen molar-refractivity contribution in [3.63, 3.8) is 0 Å². The van der Waals surface area contributed by atoms with Crippen LogP contribution in [0, 0.1) is 0 Å². The summed E-state index contributed by atoms with van der Waals surface area (Å²) in [4.78, 5) is 12.9. The maximum absolute atomic E-state index is 4.34. The first kappa shape index (κ1) is 11.1. The topological polar surface area (TPSA) is 44.3 Å². The minimum Gasteiger partial charge on any atom is -0.363 e. The summed E-state index contributed by atoms with van der Waals surface area (Å²) in [6, 6.07) is 2.56. The summed E-state index contributed by atoms with van der Waals surface area (Å²) in [5.74, 6) is 1.98. The van der Waals surface area contributed by atoms with Gasteiger partial charge in [-0.25, -0.2) is 9.97 Å². The molecule has 0 aliphatic carbocycles. The standard InChI is InChI=1S/C11H19N5/c1-9-7-16(5-4-12-9)11-6-10(15(2)3)13-8-14-11/h6,8-9,12H,4-5,7H2,1-3H3/t9-/m0/s1. The summed E-state index contributed by atoms with van der Waals surface area (Å²) in [6.07, 6.45) is 1.64. The third kappa shape index (κ3) is 2.41. The number of aromatic nitrogens is 2. The van der Waals surface area contributed by atoms with Crippen LogP contribution in [-0.2, 0) is 0 Å². The molecular formula is C11H19N5. The lowest BCUT2D eigenvalue weighted by molar-refractivity contribution is 0.482. The number of nitrogens with zero attached hydrogens (tertiary/aromatic N) is 4. The Kier molecular flexibility index (Phi) is 3.24. The Labute approximate surface area is 96.5 Å². The van der Waals surface area contributed by atoms with Gasteiger partial charge < -0.3 is 15.1 Å². The van der Waals surface area contributed by atoms with E-state index in [1.165, 1.54) is 0 Å². The fourth-order valence-electron chi connectivity index (χ4n) is 1.90. The zero-order valence-corrected chi connectivity index (χ0v) is 10.1. The Bertz CT molecular complexity index is 352. The molecular weight excluding hydrogens is 202 g/mol. The van der Waals surface area contributed by atoms with Crippen LogP contribution >= 0.6 is 0 Å². The zero-order valence-electron chi connectivity index (χ0n) is 10.1. The van der Waals surface area contributed by atoms with Gasteiger partial charge in [-0.05, 0) is 6.92 Å². The summed E-state index contributed by atoms with van der Waals surface area (Å²) in [7, 11) is 3.99. The number of anilines is 2. The van der Waals surface area contributed by atoms with Gasteiger partial charge in [0.1, 0.15) is 18.0 Å². The third-order valence-corrected chi connectivity index (χ3v) is 2.79. The number of hydrogen-bond donors (Lipinski definition) is 1. The van der Waals surface area contributed by atoms with E-state index in [1.54, 1.807) is 6.33 Å². The largest absolute Gasteiger partial charge is 0.363 e. The molecule has 0 saturated carbocycles. The van der Waals surface area contributed by atoms with Crippen LogP contribution in [0.25, 0.3) is 0 Å². The van der Waals surface area contributed by atoms with Crippen LogP contribution in [0.3, 0.4) is 0 Å². The van der Waals surface area contributed by atoms with E-state index in [2.05, 4.69) is 27.1 Å². The normalized spacial score (nSPS) is 20.9. The van der Waals surface area contributed by atoms with Crippen molar-refractivity contribution in [2.24, 2.45) is 0 Å². The summed E-state index contributed by atoms with van der Waals surface area (Å²) in [5.41, 5.74) is 0. The number of hydrogen-bond acceptors (Lipinski definition) is 5. The highest BCUT2D eigenvalue weighted by atomic mass is 15.3. The Morgan fingerprint density at radius 3 is 2.94 bits per heavy atom. The average molecular weight is 221 g/mol. The molecule has 1 aliphatic rings. The molecule has 2 rings (SSSR count). The highest BCUT2D eigenvalue weighted by molar-refractivity contribution is 5.49. The fourth-order valence-corrected chi connectivity index (χ4v) is 1.90. The molecule has 1 atom stereocenters. The van der Waals surface area contributed by atoms with E-state index in [-0.39, 0.29) is 0 Å². The second-order valence-electron chi connectivity index (χ2n) is 4.43. The van der Waals surface area contributed by atoms with Crippen LogP contribution in [0.5, 0.6) is 0 Å². The van der Waals surface area contributed by atoms with Crippen molar-refractivity contribution in [3.8, 4) is 0 Å². The predicted molar refractivity (Wildman–Crippen MR) is 66.0 cm³/mol. The van der Waals surface area contributed by atoms with Gasteiger partial charge in [-0.15, -0.1) is 0 Å². The minimum absolute atomic E-state index is 0.520. The third-order valence-electron chi connectivity index (χ3n) is 2.79. The molecule has 0 amide bonds. The SMILES string of the molecule is C[C@H]1CN(c2cc(N(C)C)ncn2)CCN1. The van der Waals surface area contributed by atoms with Gasteiger partial charge in [0.2, 0.25) is 0 Å². The average Bonchev–Trinajstić information content (AvgIpc) is 2.29. The maximum atomic E-state index is 4.34. The van der Waals surface area contributed by atoms with E-state index in [9.17, 15) is 0 Å². The summed E-state index contributed by atoms with van der Waals surface area (Å²) >= 11 is 0. The van der Waals surface area contributed by atoms with E-state index in [1.807, 2.05) is 25.1 Å². The Hall–Kier alpha value is -1.36. The molecule has 0 radical (unpaired) electrons. The first-order valence-corrected chi connectivity index (χ1v) is 5.64. The van der Waals surface area contributed by atoms with Crippen LogP contribution < -0.4 is 15.1 Å². The molecule has 1 fully saturated rings. The van der Waals surface area contributed by atoms with Crippen molar-refractivity contribution < 1.29 is 0 Å². The molecule has 0 aromatic carbocycles. The Morgan fingerprint density at radius 2 is 2.25 bits per heavy atom. The van der Waals surface area contributed by atoms with Gasteiger partial charge in [0.15, 0.2) is 0 Å². The monoisotopic (exact) mass is 221 g/mol. The second-order valence-corrected chi connectivity index (χ2v) is 4.43. The number of rotatable bonds is 2. The molecule has 88 valence electrons. The molecule has 1 saturated heterocycles. The molecule has 1 aromatic rings. The molecule has 2 heterocycles. The highest BCUT2D eigenvalue weighted by Crippen LogP contribution is 2.16. The minimum atomic E-state index is 0.520. The summed E-state index contributed by atoms with van der Waals surface area (Å²) in [5, 5.41) is 3.42. The van der Waals surface area contributed by atoms with Crippen molar-refractivity contribution in [1.82, 2.24) is 15.3 Å². The van der Waals surface area contributed by atoms with Crippen molar-refractivity contribution >= 4 is 11.6 Å². The van der Waals surface area contributed by atoms with Gasteiger partial charge >= 0.3 is 0 Å². The van der Waals surface area contributed by atoms with Crippen molar-refractivity contribution in [2.75, 3.05) is 43.5 Å². The molecule has 5 nitrogen and oxygen atoms in total. The zero-order chi connectivity index (χ0) is 11.5. The number of nitrogens with one attached hydrogen (secondary N) is 1. The smallest absolute Gasteiger partial charge is 0.134 e.